The fourth-order valence-electron chi connectivity index (χ4n) is 5.08. The number of amides is 1. The van der Waals surface area contributed by atoms with Crippen LogP contribution < -0.4 is 9.62 Å². The number of benzene rings is 2. The molecule has 1 saturated carbocycles. The Kier molecular flexibility index (Phi) is 5.58. The number of hydrogen-bond donors (Lipinski definition) is 1. The maximum atomic E-state index is 12.2. The average molecular weight is 447 g/mol. The van der Waals surface area contributed by atoms with Crippen molar-refractivity contribution in [3.63, 3.8) is 0 Å². The summed E-state index contributed by atoms with van der Waals surface area (Å²) in [5.74, 6) is -0.500. The molecule has 2 aliphatic rings. The fraction of sp³-hybridized carbons (Fsp3) is 0.435. The molecule has 0 aromatic heterocycles. The van der Waals surface area contributed by atoms with Crippen molar-refractivity contribution in [3.05, 3.63) is 58.1 Å². The van der Waals surface area contributed by atoms with E-state index in [-0.39, 0.29) is 11.8 Å². The molecule has 0 unspecified atom stereocenters. The van der Waals surface area contributed by atoms with Gasteiger partial charge in [-0.1, -0.05) is 48.6 Å². The van der Waals surface area contributed by atoms with Gasteiger partial charge in [0.2, 0.25) is 15.9 Å². The van der Waals surface area contributed by atoms with Crippen molar-refractivity contribution in [2.75, 3.05) is 17.7 Å². The van der Waals surface area contributed by atoms with E-state index < -0.39 is 15.9 Å². The van der Waals surface area contributed by atoms with E-state index in [1.54, 1.807) is 0 Å². The molecule has 1 aliphatic heterocycles. The first-order valence-electron chi connectivity index (χ1n) is 10.4. The Morgan fingerprint density at radius 1 is 1.07 bits per heavy atom. The summed E-state index contributed by atoms with van der Waals surface area (Å²) in [4.78, 5) is 14.3. The Balaban J connectivity index is 1.79. The van der Waals surface area contributed by atoms with Gasteiger partial charge < -0.3 is 4.90 Å². The van der Waals surface area contributed by atoms with Crippen LogP contribution in [-0.4, -0.2) is 27.1 Å². The first-order chi connectivity index (χ1) is 14.2. The van der Waals surface area contributed by atoms with Gasteiger partial charge >= 0.3 is 0 Å². The molecule has 1 fully saturated rings. The summed E-state index contributed by atoms with van der Waals surface area (Å²) in [6.45, 7) is 2.50. The summed E-state index contributed by atoms with van der Waals surface area (Å²) in [6, 6.07) is 12.5. The number of nitrogens with zero attached hydrogens (tertiary/aromatic N) is 1. The molecule has 7 heteroatoms. The summed E-state index contributed by atoms with van der Waals surface area (Å²) in [5, 5.41) is 0.713. The summed E-state index contributed by atoms with van der Waals surface area (Å²) >= 11 is 6.44. The summed E-state index contributed by atoms with van der Waals surface area (Å²) < 4.78 is 24.9. The fourth-order valence-corrected chi connectivity index (χ4v) is 5.76. The Morgan fingerprint density at radius 2 is 1.70 bits per heavy atom. The summed E-state index contributed by atoms with van der Waals surface area (Å²) in [6.07, 6.45) is 6.84. The van der Waals surface area contributed by atoms with Gasteiger partial charge in [0, 0.05) is 34.8 Å². The molecule has 4 rings (SSSR count). The zero-order valence-corrected chi connectivity index (χ0v) is 18.9. The predicted molar refractivity (Wildman–Crippen MR) is 121 cm³/mol. The minimum Gasteiger partial charge on any atom is -0.340 e. The number of anilines is 2. The van der Waals surface area contributed by atoms with Crippen LogP contribution in [-0.2, 0) is 20.2 Å². The van der Waals surface area contributed by atoms with Crippen molar-refractivity contribution < 1.29 is 13.2 Å². The molecule has 1 amide bonds. The normalized spacial score (nSPS) is 17.4. The van der Waals surface area contributed by atoms with E-state index in [1.165, 1.54) is 36.0 Å². The van der Waals surface area contributed by atoms with E-state index in [0.29, 0.717) is 11.6 Å². The summed E-state index contributed by atoms with van der Waals surface area (Å²) in [5.41, 5.74) is 5.82. The third-order valence-electron chi connectivity index (χ3n) is 6.29. The lowest BCUT2D eigenvalue weighted by Gasteiger charge is -2.48. The van der Waals surface area contributed by atoms with Gasteiger partial charge in [-0.25, -0.2) is 8.42 Å². The van der Waals surface area contributed by atoms with Crippen molar-refractivity contribution >= 4 is 38.9 Å². The van der Waals surface area contributed by atoms with Gasteiger partial charge in [-0.05, 0) is 55.2 Å². The van der Waals surface area contributed by atoms with Gasteiger partial charge in [0.15, 0.2) is 0 Å². The number of sulfonamides is 1. The Morgan fingerprint density at radius 3 is 2.37 bits per heavy atom. The highest BCUT2D eigenvalue weighted by Gasteiger charge is 2.44. The van der Waals surface area contributed by atoms with Crippen LogP contribution in [0.4, 0.5) is 11.4 Å². The van der Waals surface area contributed by atoms with Crippen LogP contribution in [0.3, 0.4) is 0 Å². The maximum Gasteiger partial charge on any atom is 0.235 e. The predicted octanol–water partition coefficient (Wildman–Crippen LogP) is 4.82. The van der Waals surface area contributed by atoms with Crippen LogP contribution in [0, 0.1) is 6.92 Å². The lowest BCUT2D eigenvalue weighted by Crippen LogP contribution is -2.40. The summed E-state index contributed by atoms with van der Waals surface area (Å²) in [7, 11) is -3.57. The molecule has 2 aromatic carbocycles. The zero-order chi connectivity index (χ0) is 21.5. The van der Waals surface area contributed by atoms with Gasteiger partial charge in [-0.2, -0.15) is 0 Å². The molecular weight excluding hydrogens is 420 g/mol. The molecule has 0 atom stereocenters. The van der Waals surface area contributed by atoms with E-state index in [0.717, 1.165) is 30.5 Å². The smallest absolute Gasteiger partial charge is 0.235 e. The van der Waals surface area contributed by atoms with Crippen LogP contribution in [0.5, 0.6) is 0 Å². The first-order valence-corrected chi connectivity index (χ1v) is 12.7. The molecule has 0 bridgehead atoms. The van der Waals surface area contributed by atoms with E-state index >= 15 is 0 Å². The monoisotopic (exact) mass is 446 g/mol. The molecule has 1 heterocycles. The van der Waals surface area contributed by atoms with Crippen LogP contribution in [0.25, 0.3) is 0 Å². The number of fused-ring (bicyclic) bond motifs is 4. The highest BCUT2D eigenvalue weighted by atomic mass is 35.5. The molecule has 0 saturated heterocycles. The van der Waals surface area contributed by atoms with Crippen molar-refractivity contribution in [2.24, 2.45) is 0 Å². The van der Waals surface area contributed by atoms with Crippen LogP contribution in [0.15, 0.2) is 36.4 Å². The van der Waals surface area contributed by atoms with E-state index in [1.807, 2.05) is 12.1 Å². The van der Waals surface area contributed by atoms with E-state index in [2.05, 4.69) is 40.8 Å². The van der Waals surface area contributed by atoms with Crippen molar-refractivity contribution in [1.82, 2.24) is 4.72 Å². The van der Waals surface area contributed by atoms with Gasteiger partial charge in [-0.3, -0.25) is 9.52 Å². The molecule has 2 aromatic rings. The second-order valence-corrected chi connectivity index (χ2v) is 10.7. The number of aryl methyl sites for hydroxylation is 1. The minimum atomic E-state index is -3.57. The van der Waals surface area contributed by atoms with Gasteiger partial charge in [0.25, 0.3) is 0 Å². The zero-order valence-electron chi connectivity index (χ0n) is 17.4. The van der Waals surface area contributed by atoms with Crippen LogP contribution >= 0.6 is 11.6 Å². The maximum absolute atomic E-state index is 12.2. The van der Waals surface area contributed by atoms with E-state index in [4.69, 9.17) is 11.6 Å². The Bertz CT molecular complexity index is 1040. The third-order valence-corrected chi connectivity index (χ3v) is 7.13. The largest absolute Gasteiger partial charge is 0.340 e. The molecule has 0 radical (unpaired) electrons. The molecule has 5 nitrogen and oxygen atoms in total. The SMILES string of the molecule is Cc1ccc2c(c1)C1(CCCCC1)c1cc(Cl)ccc1N2CCC(=O)NS(C)(=O)=O. The van der Waals surface area contributed by atoms with Gasteiger partial charge in [-0.15, -0.1) is 0 Å². The Labute approximate surface area is 183 Å². The molecule has 1 aliphatic carbocycles. The highest BCUT2D eigenvalue weighted by molar-refractivity contribution is 7.89. The molecule has 1 spiro atoms. The lowest BCUT2D eigenvalue weighted by molar-refractivity contribution is -0.119. The molecule has 160 valence electrons. The standard InChI is InChI=1S/C23H27ClN2O3S/c1-16-6-8-20-18(14-16)23(11-4-3-5-12-23)19-15-17(24)7-9-21(19)26(20)13-10-22(27)25-30(2,28)29/h6-9,14-15H,3-5,10-13H2,1-2H3,(H,25,27). The number of halogens is 1. The molecule has 1 N–H and O–H groups in total. The van der Waals surface area contributed by atoms with Crippen molar-refractivity contribution in [2.45, 2.75) is 50.9 Å². The van der Waals surface area contributed by atoms with Crippen molar-refractivity contribution in [3.8, 4) is 0 Å². The number of rotatable bonds is 4. The quantitative estimate of drug-likeness (QED) is 0.731. The number of carbonyl (C=O) groups is 1. The second-order valence-electron chi connectivity index (χ2n) is 8.52. The topological polar surface area (TPSA) is 66.5 Å². The van der Waals surface area contributed by atoms with E-state index in [9.17, 15) is 13.2 Å². The van der Waals surface area contributed by atoms with Crippen molar-refractivity contribution in [1.29, 1.82) is 0 Å². The average Bonchev–Trinajstić information content (AvgIpc) is 2.68. The van der Waals surface area contributed by atoms with Crippen LogP contribution in [0.2, 0.25) is 5.02 Å². The van der Waals surface area contributed by atoms with Gasteiger partial charge in [0.1, 0.15) is 0 Å². The van der Waals surface area contributed by atoms with Crippen LogP contribution in [0.1, 0.15) is 55.2 Å². The first kappa shape index (κ1) is 21.2. The minimum absolute atomic E-state index is 0.0641. The third kappa shape index (κ3) is 3.95. The molecular formula is C23H27ClN2O3S. The Hall–Kier alpha value is -2.05. The molecule has 30 heavy (non-hydrogen) atoms. The number of nitrogens with one attached hydrogen (secondary N) is 1. The highest BCUT2D eigenvalue weighted by Crippen LogP contribution is 2.56. The number of hydrogen-bond acceptors (Lipinski definition) is 4. The second kappa shape index (κ2) is 7.89. The lowest BCUT2D eigenvalue weighted by atomic mass is 9.62. The number of carbonyl (C=O) groups excluding carboxylic acids is 1. The van der Waals surface area contributed by atoms with Gasteiger partial charge in [0.05, 0.1) is 6.26 Å².